The van der Waals surface area contributed by atoms with Crippen LogP contribution >= 0.6 is 0 Å². The molecule has 0 aliphatic carbocycles. The van der Waals surface area contributed by atoms with Gasteiger partial charge in [-0.1, -0.05) is 50.6 Å². The highest BCUT2D eigenvalue weighted by Crippen LogP contribution is 2.22. The molecule has 0 aliphatic rings. The minimum Gasteiger partial charge on any atom is -0.549 e. The number of hydrogen-bond donors (Lipinski definition) is 0. The lowest BCUT2D eigenvalue weighted by Crippen LogP contribution is -2.30. The largest absolute Gasteiger partial charge is 0.549 e. The van der Waals surface area contributed by atoms with Crippen molar-refractivity contribution in [3.05, 3.63) is 35.9 Å². The Morgan fingerprint density at radius 1 is 1.20 bits per heavy atom. The number of aliphatic carboxylic acids is 1. The first-order valence-electron chi connectivity index (χ1n) is 5.37. The monoisotopic (exact) mass is 205 g/mol. The van der Waals surface area contributed by atoms with E-state index in [1.807, 2.05) is 30.3 Å². The molecule has 0 fully saturated rings. The first-order valence-corrected chi connectivity index (χ1v) is 5.37. The summed E-state index contributed by atoms with van der Waals surface area (Å²) in [6.07, 6.45) is 1.57. The Morgan fingerprint density at radius 2 is 1.80 bits per heavy atom. The Balaban J connectivity index is 2.71. The second-order valence-electron chi connectivity index (χ2n) is 4.25. The molecule has 0 aliphatic heterocycles. The van der Waals surface area contributed by atoms with E-state index in [9.17, 15) is 9.90 Å². The summed E-state index contributed by atoms with van der Waals surface area (Å²) in [4.78, 5) is 11.0. The van der Waals surface area contributed by atoms with Gasteiger partial charge in [0.05, 0.1) is 0 Å². The average Bonchev–Trinajstić information content (AvgIpc) is 2.18. The minimum absolute atomic E-state index is 0.464. The Morgan fingerprint density at radius 3 is 2.27 bits per heavy atom. The van der Waals surface area contributed by atoms with Crippen LogP contribution in [-0.4, -0.2) is 5.97 Å². The van der Waals surface area contributed by atoms with Crippen LogP contribution in [0.4, 0.5) is 0 Å². The molecule has 0 bridgehead atoms. The van der Waals surface area contributed by atoms with E-state index in [0.717, 1.165) is 12.0 Å². The third-order valence-corrected chi connectivity index (χ3v) is 2.52. The fourth-order valence-corrected chi connectivity index (χ4v) is 1.61. The van der Waals surface area contributed by atoms with Crippen molar-refractivity contribution in [2.75, 3.05) is 0 Å². The lowest BCUT2D eigenvalue weighted by molar-refractivity contribution is -0.308. The maximum atomic E-state index is 11.0. The molecular weight excluding hydrogens is 188 g/mol. The smallest absolute Gasteiger partial charge is 0.0489 e. The lowest BCUT2D eigenvalue weighted by atomic mass is 9.91. The zero-order valence-electron chi connectivity index (χ0n) is 9.27. The van der Waals surface area contributed by atoms with E-state index in [1.165, 1.54) is 0 Å². The predicted octanol–water partition coefficient (Wildman–Crippen LogP) is 1.96. The van der Waals surface area contributed by atoms with Gasteiger partial charge in [-0.25, -0.2) is 0 Å². The Kier molecular flexibility index (Phi) is 4.35. The van der Waals surface area contributed by atoms with E-state index in [-0.39, 0.29) is 0 Å². The molecule has 1 rings (SSSR count). The van der Waals surface area contributed by atoms with Crippen molar-refractivity contribution >= 4 is 5.97 Å². The molecule has 0 aromatic heterocycles. The van der Waals surface area contributed by atoms with Crippen molar-refractivity contribution < 1.29 is 9.90 Å². The Bertz CT molecular complexity index is 304. The van der Waals surface area contributed by atoms with Gasteiger partial charge in [0.25, 0.3) is 0 Å². The third-order valence-electron chi connectivity index (χ3n) is 2.52. The average molecular weight is 205 g/mol. The van der Waals surface area contributed by atoms with Gasteiger partial charge < -0.3 is 9.90 Å². The van der Waals surface area contributed by atoms with E-state index in [2.05, 4.69) is 13.8 Å². The van der Waals surface area contributed by atoms with Crippen molar-refractivity contribution in [1.29, 1.82) is 0 Å². The van der Waals surface area contributed by atoms with E-state index < -0.39 is 11.9 Å². The van der Waals surface area contributed by atoms with Gasteiger partial charge in [-0.05, 0) is 17.9 Å². The van der Waals surface area contributed by atoms with E-state index >= 15 is 0 Å². The fraction of sp³-hybridized carbons (Fsp3) is 0.462. The number of carbonyl (C=O) groups is 1. The molecule has 0 amide bonds. The lowest BCUT2D eigenvalue weighted by Gasteiger charge is -2.19. The molecule has 0 N–H and O–H groups in total. The molecule has 0 heterocycles. The molecule has 0 saturated heterocycles. The van der Waals surface area contributed by atoms with Crippen LogP contribution in [0.5, 0.6) is 0 Å². The fourth-order valence-electron chi connectivity index (χ4n) is 1.61. The van der Waals surface area contributed by atoms with Gasteiger partial charge in [0.2, 0.25) is 0 Å². The molecule has 1 atom stereocenters. The summed E-state index contributed by atoms with van der Waals surface area (Å²) in [5.74, 6) is -0.911. The number of hydrogen-bond acceptors (Lipinski definition) is 2. The molecule has 1 aromatic rings. The van der Waals surface area contributed by atoms with Crippen LogP contribution in [-0.2, 0) is 4.79 Å². The summed E-state index contributed by atoms with van der Waals surface area (Å²) in [5, 5.41) is 11.0. The van der Waals surface area contributed by atoms with E-state index in [4.69, 9.17) is 0 Å². The van der Waals surface area contributed by atoms with Crippen LogP contribution in [0.25, 0.3) is 0 Å². The number of benzene rings is 1. The molecule has 1 unspecified atom stereocenters. The van der Waals surface area contributed by atoms with E-state index in [1.54, 1.807) is 0 Å². The van der Waals surface area contributed by atoms with Gasteiger partial charge in [-0.3, -0.25) is 0 Å². The standard InChI is InChI=1S/C13H18O2/c1-10(2)8-9-12(13(14)15)11-6-4-3-5-7-11/h3-7,10,12H,8-9H2,1-2H3,(H,14,15)/p-1. The number of carboxylic acid groups (broad SMARTS) is 1. The molecule has 2 nitrogen and oxygen atoms in total. The first-order chi connectivity index (χ1) is 7.11. The highest BCUT2D eigenvalue weighted by Gasteiger charge is 2.12. The second kappa shape index (κ2) is 5.54. The molecule has 0 spiro atoms. The van der Waals surface area contributed by atoms with Crippen LogP contribution in [0.1, 0.15) is 38.2 Å². The molecule has 2 heteroatoms. The van der Waals surface area contributed by atoms with Crippen molar-refractivity contribution in [2.24, 2.45) is 5.92 Å². The zero-order chi connectivity index (χ0) is 11.3. The zero-order valence-corrected chi connectivity index (χ0v) is 9.27. The summed E-state index contributed by atoms with van der Waals surface area (Å²) in [5.41, 5.74) is 0.846. The van der Waals surface area contributed by atoms with Gasteiger partial charge in [-0.2, -0.15) is 0 Å². The van der Waals surface area contributed by atoms with Crippen molar-refractivity contribution in [1.82, 2.24) is 0 Å². The van der Waals surface area contributed by atoms with E-state index in [0.29, 0.717) is 12.3 Å². The molecule has 0 saturated carbocycles. The summed E-state index contributed by atoms with van der Waals surface area (Å²) in [6.45, 7) is 4.19. The van der Waals surface area contributed by atoms with Crippen LogP contribution in [0.15, 0.2) is 30.3 Å². The first kappa shape index (κ1) is 11.8. The molecular formula is C13H17O2-. The Hall–Kier alpha value is -1.31. The molecule has 82 valence electrons. The quantitative estimate of drug-likeness (QED) is 0.737. The van der Waals surface area contributed by atoms with Crippen molar-refractivity contribution in [3.8, 4) is 0 Å². The van der Waals surface area contributed by atoms with Gasteiger partial charge in [-0.15, -0.1) is 0 Å². The third kappa shape index (κ3) is 3.74. The van der Waals surface area contributed by atoms with Gasteiger partial charge in [0.1, 0.15) is 0 Å². The van der Waals surface area contributed by atoms with Crippen molar-refractivity contribution in [3.63, 3.8) is 0 Å². The summed E-state index contributed by atoms with van der Waals surface area (Å²) < 4.78 is 0. The highest BCUT2D eigenvalue weighted by molar-refractivity contribution is 5.73. The Labute approximate surface area is 90.9 Å². The maximum Gasteiger partial charge on any atom is 0.0489 e. The topological polar surface area (TPSA) is 40.1 Å². The number of carbonyl (C=O) groups excluding carboxylic acids is 1. The van der Waals surface area contributed by atoms with Crippen LogP contribution in [0, 0.1) is 5.92 Å². The highest BCUT2D eigenvalue weighted by atomic mass is 16.4. The summed E-state index contributed by atoms with van der Waals surface area (Å²) in [7, 11) is 0. The predicted molar refractivity (Wildman–Crippen MR) is 58.3 cm³/mol. The van der Waals surface area contributed by atoms with Gasteiger partial charge in [0.15, 0.2) is 0 Å². The normalized spacial score (nSPS) is 12.7. The summed E-state index contributed by atoms with van der Waals surface area (Å²) in [6, 6.07) is 9.31. The van der Waals surface area contributed by atoms with Crippen LogP contribution in [0.2, 0.25) is 0 Å². The van der Waals surface area contributed by atoms with Crippen LogP contribution < -0.4 is 5.11 Å². The van der Waals surface area contributed by atoms with Crippen molar-refractivity contribution in [2.45, 2.75) is 32.6 Å². The number of carboxylic acids is 1. The number of rotatable bonds is 5. The summed E-state index contributed by atoms with van der Waals surface area (Å²) >= 11 is 0. The minimum atomic E-state index is -0.971. The van der Waals surface area contributed by atoms with Crippen LogP contribution in [0.3, 0.4) is 0 Å². The second-order valence-corrected chi connectivity index (χ2v) is 4.25. The van der Waals surface area contributed by atoms with Gasteiger partial charge in [0, 0.05) is 11.9 Å². The SMILES string of the molecule is CC(C)CCC(C(=O)[O-])c1ccccc1. The molecule has 15 heavy (non-hydrogen) atoms. The molecule has 0 radical (unpaired) electrons. The molecule has 1 aromatic carbocycles. The van der Waals surface area contributed by atoms with Gasteiger partial charge >= 0.3 is 0 Å². The maximum absolute atomic E-state index is 11.0.